The van der Waals surface area contributed by atoms with E-state index in [0.717, 1.165) is 12.8 Å². The van der Waals surface area contributed by atoms with Gasteiger partial charge in [0.1, 0.15) is 0 Å². The van der Waals surface area contributed by atoms with E-state index in [1.165, 1.54) is 6.92 Å². The number of aromatic nitrogens is 1. The number of ketones is 1. The van der Waals surface area contributed by atoms with Crippen LogP contribution >= 0.6 is 0 Å². The van der Waals surface area contributed by atoms with Gasteiger partial charge in [-0.2, -0.15) is 0 Å². The van der Waals surface area contributed by atoms with Crippen molar-refractivity contribution in [3.05, 3.63) is 23.9 Å². The Kier molecular flexibility index (Phi) is 4.11. The molecule has 0 aliphatic carbocycles. The molecule has 0 N–H and O–H groups in total. The molecule has 0 bridgehead atoms. The average Bonchev–Trinajstić information content (AvgIpc) is 2.19. The summed E-state index contributed by atoms with van der Waals surface area (Å²) in [5.74, 6) is 0.612. The number of hydrogen-bond donors (Lipinski definition) is 0. The molecule has 76 valence electrons. The van der Waals surface area contributed by atoms with E-state index in [9.17, 15) is 4.79 Å². The summed E-state index contributed by atoms with van der Waals surface area (Å²) in [7, 11) is 0. The molecule has 0 saturated heterocycles. The number of nitrogens with zero attached hydrogens (tertiary/aromatic N) is 1. The lowest BCUT2D eigenvalue weighted by Gasteiger charge is -2.03. The van der Waals surface area contributed by atoms with Crippen molar-refractivity contribution < 1.29 is 9.53 Å². The number of rotatable bonds is 5. The van der Waals surface area contributed by atoms with Crippen LogP contribution in [0.15, 0.2) is 18.3 Å². The molecule has 3 nitrogen and oxygen atoms in total. The lowest BCUT2D eigenvalue weighted by Crippen LogP contribution is -1.99. The zero-order chi connectivity index (χ0) is 10.4. The zero-order valence-electron chi connectivity index (χ0n) is 8.62. The Morgan fingerprint density at radius 1 is 1.50 bits per heavy atom. The maximum absolute atomic E-state index is 10.9. The molecule has 0 aliphatic rings. The van der Waals surface area contributed by atoms with Crippen molar-refractivity contribution in [3.8, 4) is 5.88 Å². The standard InChI is InChI=1S/C11H15NO2/c1-3-4-7-14-11-6-5-10(8-12-11)9(2)13/h5-6,8H,3-4,7H2,1-2H3. The Bertz CT molecular complexity index is 293. The van der Waals surface area contributed by atoms with Gasteiger partial charge in [-0.15, -0.1) is 0 Å². The van der Waals surface area contributed by atoms with Gasteiger partial charge in [-0.3, -0.25) is 4.79 Å². The highest BCUT2D eigenvalue weighted by Crippen LogP contribution is 2.08. The topological polar surface area (TPSA) is 39.2 Å². The van der Waals surface area contributed by atoms with Crippen LogP contribution in [0, 0.1) is 0 Å². The molecule has 0 spiro atoms. The highest BCUT2D eigenvalue weighted by atomic mass is 16.5. The fourth-order valence-corrected chi connectivity index (χ4v) is 0.995. The Labute approximate surface area is 84.1 Å². The molecule has 0 aromatic carbocycles. The van der Waals surface area contributed by atoms with Gasteiger partial charge in [-0.25, -0.2) is 4.98 Å². The minimum absolute atomic E-state index is 0.0256. The second-order valence-corrected chi connectivity index (χ2v) is 3.14. The smallest absolute Gasteiger partial charge is 0.213 e. The average molecular weight is 193 g/mol. The van der Waals surface area contributed by atoms with E-state index in [1.807, 2.05) is 0 Å². The number of pyridine rings is 1. The zero-order valence-corrected chi connectivity index (χ0v) is 8.62. The minimum Gasteiger partial charge on any atom is -0.478 e. The Morgan fingerprint density at radius 2 is 2.29 bits per heavy atom. The molecule has 1 rings (SSSR count). The lowest BCUT2D eigenvalue weighted by molar-refractivity contribution is 0.101. The molecule has 0 fully saturated rings. The van der Waals surface area contributed by atoms with Crippen molar-refractivity contribution in [2.24, 2.45) is 0 Å². The maximum Gasteiger partial charge on any atom is 0.213 e. The molecule has 0 unspecified atom stereocenters. The normalized spacial score (nSPS) is 9.86. The lowest BCUT2D eigenvalue weighted by atomic mass is 10.2. The van der Waals surface area contributed by atoms with E-state index < -0.39 is 0 Å². The SMILES string of the molecule is CCCCOc1ccc(C(C)=O)cn1. The predicted molar refractivity (Wildman–Crippen MR) is 54.6 cm³/mol. The summed E-state index contributed by atoms with van der Waals surface area (Å²) in [5.41, 5.74) is 0.618. The van der Waals surface area contributed by atoms with Crippen LogP contribution in [0.3, 0.4) is 0 Å². The third-order valence-electron chi connectivity index (χ3n) is 1.89. The van der Waals surface area contributed by atoms with Gasteiger partial charge < -0.3 is 4.74 Å². The molecule has 0 radical (unpaired) electrons. The second-order valence-electron chi connectivity index (χ2n) is 3.14. The van der Waals surface area contributed by atoms with Crippen LogP contribution in [0.2, 0.25) is 0 Å². The first-order chi connectivity index (χ1) is 6.74. The predicted octanol–water partition coefficient (Wildman–Crippen LogP) is 2.46. The highest BCUT2D eigenvalue weighted by Gasteiger charge is 2.00. The molecule has 0 aliphatic heterocycles. The van der Waals surface area contributed by atoms with Crippen molar-refractivity contribution in [1.82, 2.24) is 4.98 Å². The van der Waals surface area contributed by atoms with E-state index in [1.54, 1.807) is 18.3 Å². The quantitative estimate of drug-likeness (QED) is 0.532. The summed E-state index contributed by atoms with van der Waals surface area (Å²) in [5, 5.41) is 0. The molecule has 1 aromatic heterocycles. The molecular formula is C11H15NO2. The van der Waals surface area contributed by atoms with Gasteiger partial charge in [0.2, 0.25) is 5.88 Å². The first-order valence-corrected chi connectivity index (χ1v) is 4.84. The van der Waals surface area contributed by atoms with Crippen molar-refractivity contribution >= 4 is 5.78 Å². The molecular weight excluding hydrogens is 178 g/mol. The monoisotopic (exact) mass is 193 g/mol. The van der Waals surface area contributed by atoms with Gasteiger partial charge in [0.05, 0.1) is 6.61 Å². The largest absolute Gasteiger partial charge is 0.478 e. The fraction of sp³-hybridized carbons (Fsp3) is 0.455. The van der Waals surface area contributed by atoms with Crippen molar-refractivity contribution in [1.29, 1.82) is 0 Å². The van der Waals surface area contributed by atoms with Gasteiger partial charge in [0.25, 0.3) is 0 Å². The summed E-state index contributed by atoms with van der Waals surface area (Å²) in [4.78, 5) is 15.0. The first-order valence-electron chi connectivity index (χ1n) is 4.84. The summed E-state index contributed by atoms with van der Waals surface area (Å²) >= 11 is 0. The van der Waals surface area contributed by atoms with E-state index in [-0.39, 0.29) is 5.78 Å². The summed E-state index contributed by atoms with van der Waals surface area (Å²) in [6.07, 6.45) is 3.67. The van der Waals surface area contributed by atoms with Crippen LogP contribution in [-0.2, 0) is 0 Å². The van der Waals surface area contributed by atoms with Gasteiger partial charge in [0, 0.05) is 17.8 Å². The number of Topliss-reactive ketones (excluding diaryl/α,β-unsaturated/α-hetero) is 1. The van der Waals surface area contributed by atoms with Crippen LogP contribution in [0.4, 0.5) is 0 Å². The van der Waals surface area contributed by atoms with E-state index >= 15 is 0 Å². The molecule has 0 saturated carbocycles. The van der Waals surface area contributed by atoms with Crippen LogP contribution in [0.1, 0.15) is 37.0 Å². The van der Waals surface area contributed by atoms with E-state index in [2.05, 4.69) is 11.9 Å². The Morgan fingerprint density at radius 3 is 2.79 bits per heavy atom. The number of ether oxygens (including phenoxy) is 1. The number of carbonyl (C=O) groups excluding carboxylic acids is 1. The fourth-order valence-electron chi connectivity index (χ4n) is 0.995. The summed E-state index contributed by atoms with van der Waals surface area (Å²) in [6, 6.07) is 3.46. The third-order valence-corrected chi connectivity index (χ3v) is 1.89. The molecule has 0 amide bonds. The molecule has 1 heterocycles. The molecule has 0 atom stereocenters. The van der Waals surface area contributed by atoms with Crippen LogP contribution in [0.25, 0.3) is 0 Å². The summed E-state index contributed by atoms with van der Waals surface area (Å²) < 4.78 is 5.36. The van der Waals surface area contributed by atoms with Gasteiger partial charge in [0.15, 0.2) is 5.78 Å². The van der Waals surface area contributed by atoms with Crippen LogP contribution in [0.5, 0.6) is 5.88 Å². The van der Waals surface area contributed by atoms with Crippen molar-refractivity contribution in [2.45, 2.75) is 26.7 Å². The van der Waals surface area contributed by atoms with Gasteiger partial charge >= 0.3 is 0 Å². The van der Waals surface area contributed by atoms with Gasteiger partial charge in [-0.05, 0) is 19.4 Å². The Hall–Kier alpha value is -1.38. The molecule has 3 heteroatoms. The van der Waals surface area contributed by atoms with Crippen molar-refractivity contribution in [2.75, 3.05) is 6.61 Å². The van der Waals surface area contributed by atoms with Crippen LogP contribution in [-0.4, -0.2) is 17.4 Å². The minimum atomic E-state index is 0.0256. The third kappa shape index (κ3) is 3.17. The number of hydrogen-bond acceptors (Lipinski definition) is 3. The summed E-state index contributed by atoms with van der Waals surface area (Å²) in [6.45, 7) is 4.31. The number of unbranched alkanes of at least 4 members (excludes halogenated alkanes) is 1. The van der Waals surface area contributed by atoms with Crippen LogP contribution < -0.4 is 4.74 Å². The molecule has 14 heavy (non-hydrogen) atoms. The van der Waals surface area contributed by atoms with E-state index in [4.69, 9.17) is 4.74 Å². The second kappa shape index (κ2) is 5.37. The number of carbonyl (C=O) groups is 1. The van der Waals surface area contributed by atoms with Crippen molar-refractivity contribution in [3.63, 3.8) is 0 Å². The maximum atomic E-state index is 10.9. The van der Waals surface area contributed by atoms with E-state index in [0.29, 0.717) is 18.1 Å². The first kappa shape index (κ1) is 10.7. The van der Waals surface area contributed by atoms with Gasteiger partial charge in [-0.1, -0.05) is 13.3 Å². The molecule has 1 aromatic rings. The Balaban J connectivity index is 2.51. The highest BCUT2D eigenvalue weighted by molar-refractivity contribution is 5.93.